The summed E-state index contributed by atoms with van der Waals surface area (Å²) in [5.74, 6) is 1.61. The molecule has 2 saturated carbocycles. The lowest BCUT2D eigenvalue weighted by Crippen LogP contribution is -2.61. The Morgan fingerprint density at radius 1 is 1.10 bits per heavy atom. The molecule has 5 nitrogen and oxygen atoms in total. The predicted molar refractivity (Wildman–Crippen MR) is 110 cm³/mol. The maximum Gasteiger partial charge on any atom is 0.231 e. The molecule has 2 aliphatic carbocycles. The van der Waals surface area contributed by atoms with Crippen LogP contribution in [0.4, 0.5) is 10.3 Å². The minimum atomic E-state index is -0.268. The highest BCUT2D eigenvalue weighted by atomic mass is 19.1. The van der Waals surface area contributed by atoms with E-state index in [9.17, 15) is 9.18 Å². The Kier molecular flexibility index (Phi) is 4.67. The number of halogens is 1. The number of amides is 1. The molecular formula is C23H29FN4O. The van der Waals surface area contributed by atoms with Crippen molar-refractivity contribution in [3.05, 3.63) is 30.1 Å². The first-order valence-corrected chi connectivity index (χ1v) is 11.2. The molecular weight excluding hydrogens is 367 g/mol. The van der Waals surface area contributed by atoms with E-state index in [1.807, 2.05) is 11.8 Å². The van der Waals surface area contributed by atoms with Crippen LogP contribution in [0.1, 0.15) is 71.1 Å². The lowest BCUT2D eigenvalue weighted by atomic mass is 9.64. The third-order valence-electron chi connectivity index (χ3n) is 7.37. The number of benzene rings is 1. The number of fused-ring (bicyclic) bond motifs is 4. The van der Waals surface area contributed by atoms with Crippen molar-refractivity contribution in [1.29, 1.82) is 0 Å². The molecule has 3 aliphatic rings. The van der Waals surface area contributed by atoms with Crippen LogP contribution in [0.3, 0.4) is 0 Å². The third kappa shape index (κ3) is 2.90. The number of nitrogens with zero attached hydrogens (tertiary/aromatic N) is 4. The maximum atomic E-state index is 13.4. The van der Waals surface area contributed by atoms with Gasteiger partial charge < -0.3 is 0 Å². The monoisotopic (exact) mass is 396 g/mol. The van der Waals surface area contributed by atoms with Gasteiger partial charge in [-0.05, 0) is 49.9 Å². The summed E-state index contributed by atoms with van der Waals surface area (Å²) in [6.07, 6.45) is 11.0. The van der Waals surface area contributed by atoms with Crippen molar-refractivity contribution < 1.29 is 9.18 Å². The van der Waals surface area contributed by atoms with Gasteiger partial charge in [0.05, 0.1) is 5.54 Å². The van der Waals surface area contributed by atoms with Crippen molar-refractivity contribution in [3.63, 3.8) is 0 Å². The number of anilines is 1. The molecule has 0 saturated heterocycles. The summed E-state index contributed by atoms with van der Waals surface area (Å²) < 4.78 is 15.5. The molecule has 5 rings (SSSR count). The van der Waals surface area contributed by atoms with Crippen LogP contribution < -0.4 is 4.90 Å². The average molecular weight is 397 g/mol. The van der Waals surface area contributed by atoms with E-state index in [4.69, 9.17) is 10.1 Å². The highest BCUT2D eigenvalue weighted by Gasteiger charge is 2.54. The van der Waals surface area contributed by atoms with Crippen LogP contribution in [0.25, 0.3) is 11.4 Å². The van der Waals surface area contributed by atoms with Crippen LogP contribution in [0, 0.1) is 11.7 Å². The molecule has 0 unspecified atom stereocenters. The SMILES string of the molecule is CCC(=O)N1c2nc(-c3ccc(F)cc3)nn2C2(CCCCC2)[C@@H]2CCCC[C@@H]21. The van der Waals surface area contributed by atoms with Gasteiger partial charge in [-0.25, -0.2) is 9.07 Å². The van der Waals surface area contributed by atoms with Gasteiger partial charge in [0.15, 0.2) is 5.82 Å². The summed E-state index contributed by atoms with van der Waals surface area (Å²) in [4.78, 5) is 19.9. The summed E-state index contributed by atoms with van der Waals surface area (Å²) in [7, 11) is 0. The fourth-order valence-corrected chi connectivity index (χ4v) is 6.05. The third-order valence-corrected chi connectivity index (χ3v) is 7.37. The van der Waals surface area contributed by atoms with E-state index in [2.05, 4.69) is 4.68 Å². The predicted octanol–water partition coefficient (Wildman–Crippen LogP) is 5.06. The molecule has 2 heterocycles. The van der Waals surface area contributed by atoms with Gasteiger partial charge in [0, 0.05) is 23.9 Å². The van der Waals surface area contributed by atoms with Gasteiger partial charge in [-0.2, -0.15) is 4.98 Å². The van der Waals surface area contributed by atoms with Crippen molar-refractivity contribution in [3.8, 4) is 11.4 Å². The van der Waals surface area contributed by atoms with Crippen LogP contribution in [-0.4, -0.2) is 26.7 Å². The first-order valence-electron chi connectivity index (χ1n) is 11.2. The Hall–Kier alpha value is -2.24. The second kappa shape index (κ2) is 7.22. The summed E-state index contributed by atoms with van der Waals surface area (Å²) in [5.41, 5.74) is 0.764. The molecule has 2 fully saturated rings. The lowest BCUT2D eigenvalue weighted by molar-refractivity contribution is -0.120. The minimum absolute atomic E-state index is 0.0333. The quantitative estimate of drug-likeness (QED) is 0.713. The molecule has 2 atom stereocenters. The van der Waals surface area contributed by atoms with Crippen LogP contribution in [0.15, 0.2) is 24.3 Å². The number of rotatable bonds is 2. The van der Waals surface area contributed by atoms with Gasteiger partial charge in [-0.15, -0.1) is 5.10 Å². The van der Waals surface area contributed by atoms with Crippen molar-refractivity contribution in [2.45, 2.75) is 82.7 Å². The van der Waals surface area contributed by atoms with E-state index in [1.165, 1.54) is 44.2 Å². The highest BCUT2D eigenvalue weighted by molar-refractivity contribution is 5.92. The number of hydrogen-bond donors (Lipinski definition) is 0. The number of hydrogen-bond acceptors (Lipinski definition) is 3. The molecule has 1 aromatic carbocycles. The van der Waals surface area contributed by atoms with E-state index in [0.717, 1.165) is 31.2 Å². The Bertz CT molecular complexity index is 900. The second-order valence-electron chi connectivity index (χ2n) is 8.89. The van der Waals surface area contributed by atoms with Crippen LogP contribution in [-0.2, 0) is 10.3 Å². The summed E-state index contributed by atoms with van der Waals surface area (Å²) in [6.45, 7) is 1.92. The van der Waals surface area contributed by atoms with E-state index in [0.29, 0.717) is 24.1 Å². The molecule has 0 N–H and O–H groups in total. The van der Waals surface area contributed by atoms with Gasteiger partial charge in [0.1, 0.15) is 5.82 Å². The van der Waals surface area contributed by atoms with Gasteiger partial charge in [0.2, 0.25) is 11.9 Å². The molecule has 29 heavy (non-hydrogen) atoms. The van der Waals surface area contributed by atoms with Crippen molar-refractivity contribution in [2.75, 3.05) is 4.90 Å². The summed E-state index contributed by atoms with van der Waals surface area (Å²) in [6, 6.07) is 6.57. The molecule has 154 valence electrons. The largest absolute Gasteiger partial charge is 0.277 e. The van der Waals surface area contributed by atoms with Gasteiger partial charge in [0.25, 0.3) is 0 Å². The Balaban J connectivity index is 1.69. The van der Waals surface area contributed by atoms with Crippen LogP contribution in [0.2, 0.25) is 0 Å². The molecule has 1 amide bonds. The van der Waals surface area contributed by atoms with E-state index < -0.39 is 0 Å². The second-order valence-corrected chi connectivity index (χ2v) is 8.89. The first kappa shape index (κ1) is 18.8. The minimum Gasteiger partial charge on any atom is -0.277 e. The van der Waals surface area contributed by atoms with E-state index in [-0.39, 0.29) is 23.3 Å². The topological polar surface area (TPSA) is 51.0 Å². The summed E-state index contributed by atoms with van der Waals surface area (Å²) >= 11 is 0. The highest BCUT2D eigenvalue weighted by Crippen LogP contribution is 2.53. The van der Waals surface area contributed by atoms with E-state index >= 15 is 0 Å². The molecule has 1 aromatic heterocycles. The Labute approximate surface area is 171 Å². The number of carbonyl (C=O) groups is 1. The number of carbonyl (C=O) groups excluding carboxylic acids is 1. The molecule has 1 aliphatic heterocycles. The van der Waals surface area contributed by atoms with Crippen molar-refractivity contribution in [1.82, 2.24) is 14.8 Å². The van der Waals surface area contributed by atoms with Gasteiger partial charge in [-0.3, -0.25) is 9.69 Å². The lowest BCUT2D eigenvalue weighted by Gasteiger charge is -2.55. The zero-order valence-electron chi connectivity index (χ0n) is 17.1. The van der Waals surface area contributed by atoms with Crippen LogP contribution >= 0.6 is 0 Å². The smallest absolute Gasteiger partial charge is 0.231 e. The fourth-order valence-electron chi connectivity index (χ4n) is 6.05. The first-order chi connectivity index (χ1) is 14.1. The van der Waals surface area contributed by atoms with Crippen molar-refractivity contribution >= 4 is 11.9 Å². The number of aromatic nitrogens is 3. The molecule has 0 bridgehead atoms. The summed E-state index contributed by atoms with van der Waals surface area (Å²) in [5, 5.41) is 4.97. The zero-order valence-corrected chi connectivity index (χ0v) is 17.1. The fraction of sp³-hybridized carbons (Fsp3) is 0.609. The molecule has 1 spiro atoms. The maximum absolute atomic E-state index is 13.4. The molecule has 2 aromatic rings. The Morgan fingerprint density at radius 3 is 2.55 bits per heavy atom. The van der Waals surface area contributed by atoms with E-state index in [1.54, 1.807) is 12.1 Å². The normalized spacial score (nSPS) is 25.5. The zero-order chi connectivity index (χ0) is 20.0. The van der Waals surface area contributed by atoms with Gasteiger partial charge >= 0.3 is 0 Å². The average Bonchev–Trinajstić information content (AvgIpc) is 3.21. The molecule has 0 radical (unpaired) electrons. The molecule has 6 heteroatoms. The van der Waals surface area contributed by atoms with Crippen molar-refractivity contribution in [2.24, 2.45) is 5.92 Å². The van der Waals surface area contributed by atoms with Gasteiger partial charge in [-0.1, -0.05) is 39.0 Å². The Morgan fingerprint density at radius 2 is 1.83 bits per heavy atom. The standard InChI is InChI=1S/C23H29FN4O/c1-2-20(29)27-19-9-5-4-8-18(19)23(14-6-3-7-15-23)28-22(27)25-21(26-28)16-10-12-17(24)13-11-16/h10-13,18-19H,2-9,14-15H2,1H3/t18-,19+/m1/s1. The van der Waals surface area contributed by atoms with Crippen LogP contribution in [0.5, 0.6) is 0 Å².